The largest absolute Gasteiger partial charge is 0.521 e. The van der Waals surface area contributed by atoms with Gasteiger partial charge in [0.05, 0.1) is 22.3 Å². The van der Waals surface area contributed by atoms with Gasteiger partial charge in [-0.05, 0) is 147 Å². The molecule has 348 valence electrons. The number of hydrogen-bond acceptors (Lipinski definition) is 4. The van der Waals surface area contributed by atoms with E-state index in [2.05, 4.69) is 13.8 Å². The Hall–Kier alpha value is -3.89. The van der Waals surface area contributed by atoms with Gasteiger partial charge in [-0.2, -0.15) is 8.78 Å². The minimum Gasteiger partial charge on any atom is -0.491 e. The molecule has 0 spiro atoms. The molecule has 0 radical (unpaired) electrons. The van der Waals surface area contributed by atoms with Crippen LogP contribution in [0.15, 0.2) is 78.5 Å². The highest BCUT2D eigenvalue weighted by Gasteiger charge is 2.26. The van der Waals surface area contributed by atoms with Crippen molar-refractivity contribution in [3.05, 3.63) is 133 Å². The average molecular weight is 1010 g/mol. The third-order valence-corrected chi connectivity index (χ3v) is 12.7. The van der Waals surface area contributed by atoms with E-state index in [-0.39, 0.29) is 32.8 Å². The summed E-state index contributed by atoms with van der Waals surface area (Å²) < 4.78 is 120. The summed E-state index contributed by atoms with van der Waals surface area (Å²) in [5.41, 5.74) is -0.00474. The minimum absolute atomic E-state index is 0.00427. The van der Waals surface area contributed by atoms with Crippen molar-refractivity contribution < 1.29 is 54.6 Å². The molecule has 0 saturated heterocycles. The van der Waals surface area contributed by atoms with E-state index in [4.69, 9.17) is 19.5 Å². The molecule has 4 aromatic rings. The van der Waals surface area contributed by atoms with Gasteiger partial charge in [-0.25, -0.2) is 26.3 Å². The number of ether oxygens (including phenoxy) is 2. The van der Waals surface area contributed by atoms with Gasteiger partial charge in [0.1, 0.15) is 0 Å². The van der Waals surface area contributed by atoms with E-state index < -0.39 is 59.2 Å². The molecule has 0 amide bonds. The molecular formula is C50H58BF8IO4. The lowest BCUT2D eigenvalue weighted by Crippen LogP contribution is -2.13. The highest BCUT2D eigenvalue weighted by atomic mass is 127. The molecule has 2 aliphatic rings. The van der Waals surface area contributed by atoms with Crippen LogP contribution in [0.3, 0.4) is 0 Å². The molecule has 14 heteroatoms. The quantitative estimate of drug-likeness (QED) is 0.0434. The first-order chi connectivity index (χ1) is 30.6. The Labute approximate surface area is 386 Å². The predicted octanol–water partition coefficient (Wildman–Crippen LogP) is 15.6. The Morgan fingerprint density at radius 3 is 1.34 bits per heavy atom. The van der Waals surface area contributed by atoms with Crippen LogP contribution >= 0.6 is 22.6 Å². The zero-order valence-electron chi connectivity index (χ0n) is 36.8. The van der Waals surface area contributed by atoms with Crippen LogP contribution in [0.4, 0.5) is 35.1 Å². The molecule has 0 heterocycles. The summed E-state index contributed by atoms with van der Waals surface area (Å²) >= 11 is 1.72. The van der Waals surface area contributed by atoms with Crippen molar-refractivity contribution in [3.8, 4) is 11.5 Å². The molecule has 0 bridgehead atoms. The molecular weight excluding hydrogens is 954 g/mol. The van der Waals surface area contributed by atoms with Crippen LogP contribution in [-0.4, -0.2) is 30.4 Å². The van der Waals surface area contributed by atoms with Crippen molar-refractivity contribution in [2.24, 2.45) is 11.8 Å². The maximum atomic E-state index is 14.7. The molecule has 0 aliphatic heterocycles. The van der Waals surface area contributed by atoms with Gasteiger partial charge in [0.2, 0.25) is 11.6 Å². The third kappa shape index (κ3) is 14.6. The molecule has 6 rings (SSSR count). The Balaban J connectivity index is 0.000000230. The van der Waals surface area contributed by atoms with Gasteiger partial charge in [0, 0.05) is 11.1 Å². The highest BCUT2D eigenvalue weighted by molar-refractivity contribution is 14.1. The zero-order valence-corrected chi connectivity index (χ0v) is 39.0. The van der Waals surface area contributed by atoms with Gasteiger partial charge < -0.3 is 19.5 Å². The summed E-state index contributed by atoms with van der Waals surface area (Å²) in [7, 11) is -2.41. The van der Waals surface area contributed by atoms with Gasteiger partial charge in [0.15, 0.2) is 46.3 Å². The maximum absolute atomic E-state index is 14.7. The summed E-state index contributed by atoms with van der Waals surface area (Å²) in [6, 6.07) is 18.3. The monoisotopic (exact) mass is 1010 g/mol. The number of benzene rings is 4. The second-order valence-electron chi connectivity index (χ2n) is 16.2. The fraction of sp³-hybridized carbons (Fsp3) is 0.440. The molecule has 0 atom stereocenters. The summed E-state index contributed by atoms with van der Waals surface area (Å²) in [5, 5.41) is 17.3. The van der Waals surface area contributed by atoms with E-state index in [1.54, 1.807) is 36.4 Å². The van der Waals surface area contributed by atoms with Crippen molar-refractivity contribution in [3.63, 3.8) is 0 Å². The van der Waals surface area contributed by atoms with Crippen LogP contribution < -0.4 is 9.47 Å². The summed E-state index contributed by atoms with van der Waals surface area (Å²) in [5.74, 6) is -6.22. The zero-order chi connectivity index (χ0) is 46.9. The Bertz CT molecular complexity index is 2130. The van der Waals surface area contributed by atoms with Crippen LogP contribution in [0, 0.1) is 38.7 Å². The summed E-state index contributed by atoms with van der Waals surface area (Å²) in [6.07, 6.45) is 14.4. The van der Waals surface area contributed by atoms with Crippen LogP contribution in [0.5, 0.6) is 11.5 Å². The molecule has 0 unspecified atom stereocenters. The van der Waals surface area contributed by atoms with Gasteiger partial charge >= 0.3 is 7.12 Å². The SMILES string of the molecule is CCCC1CCC(c2ccc(/C(F)=C(\F)B(O)O)cc2)CC1.CCCC1CCC(c2ccc(/C(F)=C(\F)c3ccc(OCC)c(F)c3F)cc2)CC1.CCOc1ccc(I)c(F)c1F. The van der Waals surface area contributed by atoms with Crippen LogP contribution in [0.1, 0.15) is 144 Å². The van der Waals surface area contributed by atoms with Gasteiger partial charge in [-0.3, -0.25) is 0 Å². The number of halogens is 9. The van der Waals surface area contributed by atoms with E-state index in [0.717, 1.165) is 60.8 Å². The van der Waals surface area contributed by atoms with Crippen molar-refractivity contribution in [1.82, 2.24) is 0 Å². The first-order valence-electron chi connectivity index (χ1n) is 22.2. The second kappa shape index (κ2) is 26.3. The standard InChI is InChI=1S/C25H28F4O.C17H23BF2O2.C8H7F2IO/c1-3-5-16-6-8-17(9-7-16)18-10-12-19(13-11-18)22(26)23(27)20-14-15-21(30-4-2)25(29)24(20)28;1-2-3-12-4-6-13(7-5-12)14-8-10-15(11-9-14)16(19)17(20)18(21)22;1-2-12-6-4-3-5(11)7(9)8(6)10/h10-17H,3-9H2,1-2H3;8-13,21-22H,2-7H2,1H3;3-4H,2H2,1H3/b23-22+;17-16+;. The van der Waals surface area contributed by atoms with Crippen molar-refractivity contribution in [1.29, 1.82) is 0 Å². The third-order valence-electron chi connectivity index (χ3n) is 11.9. The smallest absolute Gasteiger partial charge is 0.491 e. The van der Waals surface area contributed by atoms with Gasteiger partial charge in [-0.15, -0.1) is 0 Å². The van der Waals surface area contributed by atoms with E-state index in [0.29, 0.717) is 18.4 Å². The Kier molecular flexibility index (Phi) is 21.7. The molecule has 64 heavy (non-hydrogen) atoms. The van der Waals surface area contributed by atoms with Crippen LogP contribution in [0.25, 0.3) is 17.5 Å². The van der Waals surface area contributed by atoms with Gasteiger partial charge in [-0.1, -0.05) is 88.1 Å². The summed E-state index contributed by atoms with van der Waals surface area (Å²) in [6.45, 7) is 8.22. The predicted molar refractivity (Wildman–Crippen MR) is 248 cm³/mol. The van der Waals surface area contributed by atoms with E-state index in [1.165, 1.54) is 87.8 Å². The van der Waals surface area contributed by atoms with Crippen LogP contribution in [-0.2, 0) is 0 Å². The lowest BCUT2D eigenvalue weighted by Gasteiger charge is -2.28. The Morgan fingerprint density at radius 1 is 0.531 bits per heavy atom. The number of rotatable bonds is 14. The van der Waals surface area contributed by atoms with E-state index in [1.807, 2.05) is 24.3 Å². The average Bonchev–Trinajstić information content (AvgIpc) is 3.31. The van der Waals surface area contributed by atoms with Crippen LogP contribution in [0.2, 0.25) is 0 Å². The van der Waals surface area contributed by atoms with Gasteiger partial charge in [0.25, 0.3) is 0 Å². The summed E-state index contributed by atoms with van der Waals surface area (Å²) in [4.78, 5) is 0. The minimum atomic E-state index is -2.41. The van der Waals surface area contributed by atoms with E-state index >= 15 is 0 Å². The molecule has 4 aromatic carbocycles. The maximum Gasteiger partial charge on any atom is 0.521 e. The normalized spacial score (nSPS) is 19.2. The topological polar surface area (TPSA) is 58.9 Å². The number of hydrogen-bond donors (Lipinski definition) is 2. The first-order valence-corrected chi connectivity index (χ1v) is 23.3. The van der Waals surface area contributed by atoms with Crippen molar-refractivity contribution in [2.75, 3.05) is 13.2 Å². The Morgan fingerprint density at radius 2 is 0.938 bits per heavy atom. The molecule has 4 nitrogen and oxygen atoms in total. The fourth-order valence-corrected chi connectivity index (χ4v) is 8.84. The van der Waals surface area contributed by atoms with E-state index in [9.17, 15) is 35.1 Å². The fourth-order valence-electron chi connectivity index (χ4n) is 8.43. The van der Waals surface area contributed by atoms with Crippen molar-refractivity contribution in [2.45, 2.75) is 117 Å². The molecule has 2 fully saturated rings. The molecule has 0 aromatic heterocycles. The van der Waals surface area contributed by atoms with Crippen molar-refractivity contribution >= 4 is 47.2 Å². The highest BCUT2D eigenvalue weighted by Crippen LogP contribution is 2.40. The molecule has 2 saturated carbocycles. The lowest BCUT2D eigenvalue weighted by atomic mass is 9.77. The molecule has 2 aliphatic carbocycles. The lowest BCUT2D eigenvalue weighted by molar-refractivity contribution is 0.308. The molecule has 2 N–H and O–H groups in total. The second-order valence-corrected chi connectivity index (χ2v) is 17.4. The first kappa shape index (κ1) is 52.7.